The van der Waals surface area contributed by atoms with Gasteiger partial charge >= 0.3 is 0 Å². The minimum Gasteiger partial charge on any atom is -0.339 e. The maximum atomic E-state index is 12.4. The van der Waals surface area contributed by atoms with Gasteiger partial charge in [0.05, 0.1) is 11.6 Å². The predicted molar refractivity (Wildman–Crippen MR) is 94.5 cm³/mol. The number of aromatic nitrogens is 4. The number of thioether (sulfide) groups is 1. The largest absolute Gasteiger partial charge is 0.339 e. The molecule has 3 rings (SSSR count). The van der Waals surface area contributed by atoms with Gasteiger partial charge in [-0.15, -0.1) is 0 Å². The van der Waals surface area contributed by atoms with Gasteiger partial charge in [-0.1, -0.05) is 30.3 Å². The number of H-pyrrole nitrogens is 2. The summed E-state index contributed by atoms with van der Waals surface area (Å²) in [5.74, 6) is -0.172. The first-order chi connectivity index (χ1) is 11.6. The van der Waals surface area contributed by atoms with E-state index in [-0.39, 0.29) is 11.5 Å². The molecular weight excluding hydrogens is 350 g/mol. The van der Waals surface area contributed by atoms with Crippen molar-refractivity contribution < 1.29 is 4.79 Å². The molecule has 1 atom stereocenters. The number of nitrogens with zero attached hydrogens (tertiary/aromatic N) is 2. The van der Waals surface area contributed by atoms with E-state index in [2.05, 4.69) is 25.3 Å². The highest BCUT2D eigenvalue weighted by Crippen LogP contribution is 2.24. The number of anilines is 1. The molecule has 0 radical (unpaired) electrons. The highest BCUT2D eigenvalue weighted by atomic mass is 35.5. The molecule has 0 saturated carbocycles. The molecule has 0 fully saturated rings. The standard InChI is InChI=1S/C15H14ClN5O2S/c1-2-10(13(22)19-9-5-3-8(16)4-6-9)24-15-20-12-11(14(23)21-15)17-7-18-12/h3-7,10H,2H2,1H3,(H,19,22)(H2,17,18,20,21,23)/t10-/m1/s1. The van der Waals surface area contributed by atoms with E-state index in [9.17, 15) is 9.59 Å². The van der Waals surface area contributed by atoms with Gasteiger partial charge in [0.1, 0.15) is 0 Å². The number of amides is 1. The molecule has 9 heteroatoms. The fourth-order valence-corrected chi connectivity index (χ4v) is 3.11. The summed E-state index contributed by atoms with van der Waals surface area (Å²) in [6.07, 6.45) is 1.98. The molecule has 0 aliphatic heterocycles. The molecule has 2 heterocycles. The average molecular weight is 364 g/mol. The Labute approximate surface area is 146 Å². The Balaban J connectivity index is 1.76. The fourth-order valence-electron chi connectivity index (χ4n) is 2.09. The Morgan fingerprint density at radius 2 is 2.12 bits per heavy atom. The van der Waals surface area contributed by atoms with Crippen molar-refractivity contribution in [1.29, 1.82) is 0 Å². The van der Waals surface area contributed by atoms with Crippen LogP contribution < -0.4 is 10.9 Å². The highest BCUT2D eigenvalue weighted by molar-refractivity contribution is 8.00. The summed E-state index contributed by atoms with van der Waals surface area (Å²) in [4.78, 5) is 38.0. The van der Waals surface area contributed by atoms with Crippen LogP contribution >= 0.6 is 23.4 Å². The lowest BCUT2D eigenvalue weighted by atomic mass is 10.3. The third-order valence-electron chi connectivity index (χ3n) is 3.30. The first kappa shape index (κ1) is 16.5. The van der Waals surface area contributed by atoms with Crippen molar-refractivity contribution in [2.75, 3.05) is 5.32 Å². The topological polar surface area (TPSA) is 104 Å². The lowest BCUT2D eigenvalue weighted by Gasteiger charge is -2.14. The van der Waals surface area contributed by atoms with Crippen LogP contribution in [0.25, 0.3) is 11.2 Å². The molecule has 124 valence electrons. The Morgan fingerprint density at radius 1 is 1.38 bits per heavy atom. The summed E-state index contributed by atoms with van der Waals surface area (Å²) in [7, 11) is 0. The van der Waals surface area contributed by atoms with Gasteiger partial charge in [0, 0.05) is 10.7 Å². The first-order valence-corrected chi connectivity index (χ1v) is 8.49. The van der Waals surface area contributed by atoms with Crippen molar-refractivity contribution in [2.24, 2.45) is 0 Å². The monoisotopic (exact) mass is 363 g/mol. The van der Waals surface area contributed by atoms with Crippen molar-refractivity contribution in [3.05, 3.63) is 46.0 Å². The lowest BCUT2D eigenvalue weighted by Crippen LogP contribution is -2.25. The van der Waals surface area contributed by atoms with Crippen molar-refractivity contribution in [3.8, 4) is 0 Å². The van der Waals surface area contributed by atoms with Crippen LogP contribution in [0.4, 0.5) is 5.69 Å². The molecule has 24 heavy (non-hydrogen) atoms. The molecule has 0 aliphatic carbocycles. The van der Waals surface area contributed by atoms with E-state index in [0.717, 1.165) is 0 Å². The average Bonchev–Trinajstić information content (AvgIpc) is 3.03. The maximum absolute atomic E-state index is 12.4. The molecule has 0 spiro atoms. The summed E-state index contributed by atoms with van der Waals surface area (Å²) in [6, 6.07) is 6.87. The molecule has 0 bridgehead atoms. The summed E-state index contributed by atoms with van der Waals surface area (Å²) in [5, 5.41) is 3.38. The Morgan fingerprint density at radius 3 is 2.83 bits per heavy atom. The summed E-state index contributed by atoms with van der Waals surface area (Å²) < 4.78 is 0. The second kappa shape index (κ2) is 7.06. The van der Waals surface area contributed by atoms with Crippen LogP contribution in [0, 0.1) is 0 Å². The predicted octanol–water partition coefficient (Wildman–Crippen LogP) is 2.81. The molecule has 1 aromatic carbocycles. The van der Waals surface area contributed by atoms with Crippen LogP contribution in [0.1, 0.15) is 13.3 Å². The number of benzene rings is 1. The van der Waals surface area contributed by atoms with E-state index in [4.69, 9.17) is 11.6 Å². The Bertz CT molecular complexity index is 922. The Hall–Kier alpha value is -2.32. The molecular formula is C15H14ClN5O2S. The van der Waals surface area contributed by atoms with Crippen LogP contribution in [-0.4, -0.2) is 31.1 Å². The number of carbonyl (C=O) groups is 1. The molecule has 7 nitrogen and oxygen atoms in total. The quantitative estimate of drug-likeness (QED) is 0.477. The van der Waals surface area contributed by atoms with Crippen LogP contribution in [0.3, 0.4) is 0 Å². The Kier molecular flexibility index (Phi) is 4.86. The number of hydrogen-bond donors (Lipinski definition) is 3. The van der Waals surface area contributed by atoms with Gasteiger partial charge in [-0.05, 0) is 30.7 Å². The summed E-state index contributed by atoms with van der Waals surface area (Å²) in [6.45, 7) is 1.89. The van der Waals surface area contributed by atoms with Crippen molar-refractivity contribution >= 4 is 46.1 Å². The SMILES string of the molecule is CC[C@@H](Sc1nc2nc[nH]c2c(=O)[nH]1)C(=O)Nc1ccc(Cl)cc1. The number of halogens is 1. The first-order valence-electron chi connectivity index (χ1n) is 7.23. The van der Waals surface area contributed by atoms with E-state index in [1.54, 1.807) is 24.3 Å². The van der Waals surface area contributed by atoms with Crippen molar-refractivity contribution in [3.63, 3.8) is 0 Å². The number of hydrogen-bond acceptors (Lipinski definition) is 5. The zero-order valence-electron chi connectivity index (χ0n) is 12.7. The van der Waals surface area contributed by atoms with Crippen LogP contribution in [-0.2, 0) is 4.79 Å². The maximum Gasteiger partial charge on any atom is 0.277 e. The van der Waals surface area contributed by atoms with E-state index in [0.29, 0.717) is 33.5 Å². The van der Waals surface area contributed by atoms with Crippen LogP contribution in [0.2, 0.25) is 5.02 Å². The molecule has 2 aromatic heterocycles. The van der Waals surface area contributed by atoms with Gasteiger partial charge in [0.2, 0.25) is 5.91 Å². The van der Waals surface area contributed by atoms with E-state index >= 15 is 0 Å². The van der Waals surface area contributed by atoms with Gasteiger partial charge in [-0.2, -0.15) is 0 Å². The number of nitrogens with one attached hydrogen (secondary N) is 3. The van der Waals surface area contributed by atoms with Crippen molar-refractivity contribution in [1.82, 2.24) is 19.9 Å². The highest BCUT2D eigenvalue weighted by Gasteiger charge is 2.20. The zero-order valence-corrected chi connectivity index (χ0v) is 14.2. The molecule has 3 N–H and O–H groups in total. The molecule has 0 saturated heterocycles. The summed E-state index contributed by atoms with van der Waals surface area (Å²) >= 11 is 7.02. The molecule has 0 unspecified atom stereocenters. The fraction of sp³-hybridized carbons (Fsp3) is 0.200. The molecule has 0 aliphatic rings. The number of aromatic amines is 2. The third kappa shape index (κ3) is 3.60. The van der Waals surface area contributed by atoms with Gasteiger partial charge < -0.3 is 10.3 Å². The van der Waals surface area contributed by atoms with Crippen LogP contribution in [0.5, 0.6) is 0 Å². The number of fused-ring (bicyclic) bond motifs is 1. The van der Waals surface area contributed by atoms with Crippen molar-refractivity contribution in [2.45, 2.75) is 23.8 Å². The summed E-state index contributed by atoms with van der Waals surface area (Å²) in [5.41, 5.74) is 0.993. The van der Waals surface area contributed by atoms with E-state index in [1.165, 1.54) is 18.1 Å². The van der Waals surface area contributed by atoms with Gasteiger partial charge in [-0.25, -0.2) is 9.97 Å². The number of carbonyl (C=O) groups excluding carboxylic acids is 1. The number of imidazole rings is 1. The van der Waals surface area contributed by atoms with Crippen LogP contribution in [0.15, 0.2) is 40.5 Å². The van der Waals surface area contributed by atoms with Gasteiger partial charge in [0.25, 0.3) is 5.56 Å². The normalized spacial score (nSPS) is 12.2. The van der Waals surface area contributed by atoms with E-state index in [1.807, 2.05) is 6.92 Å². The van der Waals surface area contributed by atoms with E-state index < -0.39 is 5.25 Å². The molecule has 1 amide bonds. The molecule has 3 aromatic rings. The van der Waals surface area contributed by atoms with Gasteiger partial charge in [-0.3, -0.25) is 14.6 Å². The minimum absolute atomic E-state index is 0.172. The lowest BCUT2D eigenvalue weighted by molar-refractivity contribution is -0.115. The minimum atomic E-state index is -0.403. The third-order valence-corrected chi connectivity index (χ3v) is 4.80. The van der Waals surface area contributed by atoms with Gasteiger partial charge in [0.15, 0.2) is 16.3 Å². The second-order valence-electron chi connectivity index (χ2n) is 4.98. The smallest absolute Gasteiger partial charge is 0.277 e. The second-order valence-corrected chi connectivity index (χ2v) is 6.61. The zero-order chi connectivity index (χ0) is 17.1. The number of rotatable bonds is 5.